The molecule has 1 saturated carbocycles. The molecule has 0 spiro atoms. The highest BCUT2D eigenvalue weighted by molar-refractivity contribution is 6.05. The lowest BCUT2D eigenvalue weighted by Crippen LogP contribution is -2.35. The number of carbonyl (C=O) groups excluding carboxylic acids is 3. The third kappa shape index (κ3) is 4.40. The number of carbonyl (C=O) groups is 3. The fourth-order valence-electron chi connectivity index (χ4n) is 4.84. The molecule has 3 amide bonds. The summed E-state index contributed by atoms with van der Waals surface area (Å²) in [7, 11) is 0. The van der Waals surface area contributed by atoms with E-state index in [2.05, 4.69) is 22.5 Å². The Morgan fingerprint density at radius 1 is 1.06 bits per heavy atom. The topological polar surface area (TPSA) is 84.3 Å². The van der Waals surface area contributed by atoms with E-state index in [1.54, 1.807) is 0 Å². The van der Waals surface area contributed by atoms with Gasteiger partial charge in [0.25, 0.3) is 0 Å². The molecule has 7 heteroatoms. The number of fused-ring (bicyclic) bond motifs is 1. The van der Waals surface area contributed by atoms with E-state index in [0.29, 0.717) is 13.1 Å². The molecule has 0 bridgehead atoms. The van der Waals surface area contributed by atoms with E-state index in [1.807, 2.05) is 36.7 Å². The molecule has 7 nitrogen and oxygen atoms in total. The molecule has 1 aliphatic carbocycles. The van der Waals surface area contributed by atoms with Gasteiger partial charge in [0.1, 0.15) is 0 Å². The molecule has 2 aliphatic rings. The highest BCUT2D eigenvalue weighted by atomic mass is 16.2. The van der Waals surface area contributed by atoms with Crippen LogP contribution in [0.4, 0.5) is 0 Å². The summed E-state index contributed by atoms with van der Waals surface area (Å²) in [5, 5.41) is 7.55. The van der Waals surface area contributed by atoms with Gasteiger partial charge >= 0.3 is 0 Å². The van der Waals surface area contributed by atoms with Crippen molar-refractivity contribution in [3.05, 3.63) is 52.8 Å². The van der Waals surface area contributed by atoms with E-state index in [1.165, 1.54) is 10.5 Å². The molecular weight excluding hydrogens is 392 g/mol. The van der Waals surface area contributed by atoms with Gasteiger partial charge in [0.15, 0.2) is 0 Å². The van der Waals surface area contributed by atoms with Gasteiger partial charge in [-0.3, -0.25) is 24.0 Å². The SMILES string of the molecule is Cc1nn(Cc2ccccc2)c(C)c1CNC(=O)CCN1C(=O)[C@H]2CCCC[C@@H]2C1=O. The van der Waals surface area contributed by atoms with Gasteiger partial charge in [0, 0.05) is 30.8 Å². The molecule has 2 atom stereocenters. The number of aromatic nitrogens is 2. The smallest absolute Gasteiger partial charge is 0.233 e. The highest BCUT2D eigenvalue weighted by Crippen LogP contribution is 2.37. The summed E-state index contributed by atoms with van der Waals surface area (Å²) in [4.78, 5) is 38.8. The number of likely N-dealkylation sites (tertiary alicyclic amines) is 1. The van der Waals surface area contributed by atoms with Crippen LogP contribution in [0.1, 0.15) is 54.6 Å². The molecule has 2 heterocycles. The average molecular weight is 423 g/mol. The Kier molecular flexibility index (Phi) is 6.20. The van der Waals surface area contributed by atoms with Crippen molar-refractivity contribution in [2.45, 2.75) is 59.0 Å². The van der Waals surface area contributed by atoms with Crippen molar-refractivity contribution in [2.75, 3.05) is 6.54 Å². The second kappa shape index (κ2) is 9.04. The zero-order valence-electron chi connectivity index (χ0n) is 18.3. The molecule has 2 aromatic rings. The van der Waals surface area contributed by atoms with Gasteiger partial charge in [-0.25, -0.2) is 0 Å². The largest absolute Gasteiger partial charge is 0.352 e. The normalized spacial score (nSPS) is 20.8. The lowest BCUT2D eigenvalue weighted by molar-refractivity contribution is -0.140. The lowest BCUT2D eigenvalue weighted by Gasteiger charge is -2.19. The van der Waals surface area contributed by atoms with Gasteiger partial charge < -0.3 is 5.32 Å². The van der Waals surface area contributed by atoms with Gasteiger partial charge in [0.05, 0.1) is 24.1 Å². The number of benzene rings is 1. The van der Waals surface area contributed by atoms with Crippen molar-refractivity contribution in [3.8, 4) is 0 Å². The minimum Gasteiger partial charge on any atom is -0.352 e. The fourth-order valence-corrected chi connectivity index (χ4v) is 4.84. The summed E-state index contributed by atoms with van der Waals surface area (Å²) in [5.74, 6) is -0.659. The summed E-state index contributed by atoms with van der Waals surface area (Å²) in [6.45, 7) is 5.19. The first kappa shape index (κ1) is 21.3. The van der Waals surface area contributed by atoms with Crippen LogP contribution < -0.4 is 5.32 Å². The maximum atomic E-state index is 12.5. The van der Waals surface area contributed by atoms with Crippen molar-refractivity contribution in [1.82, 2.24) is 20.0 Å². The second-order valence-corrected chi connectivity index (χ2v) is 8.64. The quantitative estimate of drug-likeness (QED) is 0.696. The molecule has 0 unspecified atom stereocenters. The predicted molar refractivity (Wildman–Crippen MR) is 116 cm³/mol. The summed E-state index contributed by atoms with van der Waals surface area (Å²) >= 11 is 0. The van der Waals surface area contributed by atoms with Crippen molar-refractivity contribution < 1.29 is 14.4 Å². The Hall–Kier alpha value is -2.96. The second-order valence-electron chi connectivity index (χ2n) is 8.64. The molecule has 2 fully saturated rings. The van der Waals surface area contributed by atoms with E-state index < -0.39 is 0 Å². The number of nitrogens with zero attached hydrogens (tertiary/aromatic N) is 3. The van der Waals surface area contributed by atoms with Crippen LogP contribution in [0.15, 0.2) is 30.3 Å². The van der Waals surface area contributed by atoms with Gasteiger partial charge in [0.2, 0.25) is 17.7 Å². The highest BCUT2D eigenvalue weighted by Gasteiger charge is 2.47. The molecule has 4 rings (SSSR count). The lowest BCUT2D eigenvalue weighted by atomic mass is 9.81. The Labute approximate surface area is 182 Å². The summed E-state index contributed by atoms with van der Waals surface area (Å²) in [5.41, 5.74) is 4.09. The Balaban J connectivity index is 1.31. The van der Waals surface area contributed by atoms with Crippen LogP contribution >= 0.6 is 0 Å². The summed E-state index contributed by atoms with van der Waals surface area (Å²) in [6.07, 6.45) is 3.73. The molecule has 0 radical (unpaired) electrons. The first-order chi connectivity index (χ1) is 15.0. The Morgan fingerprint density at radius 2 is 1.71 bits per heavy atom. The molecule has 1 N–H and O–H groups in total. The molecule has 1 aliphatic heterocycles. The standard InChI is InChI=1S/C24H30N4O3/c1-16-21(17(2)28(26-16)15-18-8-4-3-5-9-18)14-25-22(29)12-13-27-23(30)19-10-6-7-11-20(19)24(27)31/h3-5,8-9,19-20H,6-7,10-15H2,1-2H3,(H,25,29)/t19-,20-/m0/s1. The first-order valence-corrected chi connectivity index (χ1v) is 11.1. The van der Waals surface area contributed by atoms with E-state index in [-0.39, 0.29) is 42.5 Å². The molecule has 164 valence electrons. The van der Waals surface area contributed by atoms with Crippen LogP contribution in [0.25, 0.3) is 0 Å². The zero-order chi connectivity index (χ0) is 22.0. The van der Waals surface area contributed by atoms with Crippen LogP contribution in [0, 0.1) is 25.7 Å². The minimum atomic E-state index is -0.162. The van der Waals surface area contributed by atoms with Crippen molar-refractivity contribution in [3.63, 3.8) is 0 Å². The van der Waals surface area contributed by atoms with Gasteiger partial charge in [-0.15, -0.1) is 0 Å². The Bertz CT molecular complexity index is 958. The minimum absolute atomic E-state index is 0.0867. The predicted octanol–water partition coefficient (Wildman–Crippen LogP) is 2.73. The van der Waals surface area contributed by atoms with Crippen molar-refractivity contribution >= 4 is 17.7 Å². The monoisotopic (exact) mass is 422 g/mol. The number of hydrogen-bond acceptors (Lipinski definition) is 4. The molecule has 1 saturated heterocycles. The summed E-state index contributed by atoms with van der Waals surface area (Å²) in [6, 6.07) is 10.1. The zero-order valence-corrected chi connectivity index (χ0v) is 18.3. The molecule has 1 aromatic heterocycles. The van der Waals surface area contributed by atoms with E-state index in [4.69, 9.17) is 0 Å². The molecule has 1 aromatic carbocycles. The van der Waals surface area contributed by atoms with Crippen molar-refractivity contribution in [2.24, 2.45) is 11.8 Å². The number of nitrogens with one attached hydrogen (secondary N) is 1. The van der Waals surface area contributed by atoms with Crippen LogP contribution in [-0.2, 0) is 27.5 Å². The van der Waals surface area contributed by atoms with Crippen molar-refractivity contribution in [1.29, 1.82) is 0 Å². The fraction of sp³-hybridized carbons (Fsp3) is 0.500. The number of imide groups is 1. The maximum absolute atomic E-state index is 12.5. The van der Waals surface area contributed by atoms with Gasteiger partial charge in [-0.2, -0.15) is 5.10 Å². The van der Waals surface area contributed by atoms with E-state index >= 15 is 0 Å². The van der Waals surface area contributed by atoms with Crippen LogP contribution in [0.3, 0.4) is 0 Å². The number of amides is 3. The van der Waals surface area contributed by atoms with E-state index in [0.717, 1.165) is 42.6 Å². The van der Waals surface area contributed by atoms with Crippen LogP contribution in [0.5, 0.6) is 0 Å². The third-order valence-electron chi connectivity index (χ3n) is 6.66. The first-order valence-electron chi connectivity index (χ1n) is 11.1. The summed E-state index contributed by atoms with van der Waals surface area (Å²) < 4.78 is 1.95. The van der Waals surface area contributed by atoms with Gasteiger partial charge in [-0.05, 0) is 32.3 Å². The average Bonchev–Trinajstić information content (AvgIpc) is 3.18. The van der Waals surface area contributed by atoms with Crippen LogP contribution in [-0.4, -0.2) is 38.9 Å². The number of aryl methyl sites for hydroxylation is 1. The molecular formula is C24H30N4O3. The number of rotatable bonds is 7. The van der Waals surface area contributed by atoms with E-state index in [9.17, 15) is 14.4 Å². The molecule has 31 heavy (non-hydrogen) atoms. The maximum Gasteiger partial charge on any atom is 0.233 e. The Morgan fingerprint density at radius 3 is 2.35 bits per heavy atom. The third-order valence-corrected chi connectivity index (χ3v) is 6.66. The van der Waals surface area contributed by atoms with Gasteiger partial charge in [-0.1, -0.05) is 43.2 Å². The van der Waals surface area contributed by atoms with Crippen LogP contribution in [0.2, 0.25) is 0 Å². The number of hydrogen-bond donors (Lipinski definition) is 1.